The van der Waals surface area contributed by atoms with Gasteiger partial charge in [0.1, 0.15) is 0 Å². The summed E-state index contributed by atoms with van der Waals surface area (Å²) in [6, 6.07) is 7.39. The number of hydrogen-bond acceptors (Lipinski definition) is 2. The third-order valence-corrected chi connectivity index (χ3v) is 1.84. The first-order chi connectivity index (χ1) is 5.74. The van der Waals surface area contributed by atoms with Crippen molar-refractivity contribution in [3.05, 3.63) is 35.4 Å². The van der Waals surface area contributed by atoms with E-state index in [0.717, 1.165) is 12.1 Å². The fourth-order valence-electron chi connectivity index (χ4n) is 0.969. The molecule has 0 atom stereocenters. The Labute approximate surface area is 77.4 Å². The van der Waals surface area contributed by atoms with Crippen molar-refractivity contribution in [3.8, 4) is 0 Å². The Bertz CT molecular complexity index is 268. The summed E-state index contributed by atoms with van der Waals surface area (Å²) in [7, 11) is 1.89. The predicted molar refractivity (Wildman–Crippen MR) is 52.5 cm³/mol. The molecule has 64 valence electrons. The second-order valence-electron chi connectivity index (χ2n) is 2.53. The van der Waals surface area contributed by atoms with Crippen LogP contribution in [-0.2, 0) is 6.54 Å². The van der Waals surface area contributed by atoms with Crippen molar-refractivity contribution in [2.24, 2.45) is 0 Å². The van der Waals surface area contributed by atoms with Gasteiger partial charge in [-0.3, -0.25) is 4.79 Å². The van der Waals surface area contributed by atoms with Crippen LogP contribution in [0, 0.1) is 0 Å². The molecule has 0 heterocycles. The van der Waals surface area contributed by atoms with Gasteiger partial charge in [0.15, 0.2) is 0 Å². The zero-order valence-electron chi connectivity index (χ0n) is 6.87. The van der Waals surface area contributed by atoms with Crippen molar-refractivity contribution in [2.45, 2.75) is 6.54 Å². The van der Waals surface area contributed by atoms with E-state index in [0.29, 0.717) is 5.56 Å². The topological polar surface area (TPSA) is 29.1 Å². The van der Waals surface area contributed by atoms with E-state index in [1.165, 1.54) is 0 Å². The van der Waals surface area contributed by atoms with Crippen molar-refractivity contribution < 1.29 is 4.79 Å². The maximum absolute atomic E-state index is 10.8. The summed E-state index contributed by atoms with van der Waals surface area (Å²) in [6.45, 7) is 0.820. The standard InChI is InChI=1S/C9H11NOS/c1-10-6-7-2-4-8(5-3-7)9(11)12/h2-5,10H,6H2,1H3,(H,11,12). The molecule has 0 saturated heterocycles. The molecule has 0 aliphatic rings. The number of nitrogens with one attached hydrogen (secondary N) is 1. The zero-order chi connectivity index (χ0) is 8.97. The molecule has 0 saturated carbocycles. The van der Waals surface area contributed by atoms with Crippen molar-refractivity contribution in [2.75, 3.05) is 7.05 Å². The molecule has 0 radical (unpaired) electrons. The van der Waals surface area contributed by atoms with Crippen molar-refractivity contribution in [1.82, 2.24) is 5.32 Å². The molecule has 0 aromatic heterocycles. The highest BCUT2D eigenvalue weighted by atomic mass is 32.1. The highest BCUT2D eigenvalue weighted by Crippen LogP contribution is 2.06. The lowest BCUT2D eigenvalue weighted by Crippen LogP contribution is -2.04. The smallest absolute Gasteiger partial charge is 0.216 e. The van der Waals surface area contributed by atoms with E-state index in [1.807, 2.05) is 19.2 Å². The van der Waals surface area contributed by atoms with Gasteiger partial charge in [-0.25, -0.2) is 0 Å². The molecule has 0 spiro atoms. The third-order valence-electron chi connectivity index (χ3n) is 1.58. The summed E-state index contributed by atoms with van der Waals surface area (Å²) < 4.78 is 0. The molecule has 0 unspecified atom stereocenters. The first kappa shape index (κ1) is 9.29. The molecule has 0 aliphatic carbocycles. The Balaban J connectivity index is 2.78. The second-order valence-corrected chi connectivity index (χ2v) is 2.94. The Morgan fingerprint density at radius 2 is 2.00 bits per heavy atom. The first-order valence-electron chi connectivity index (χ1n) is 3.71. The van der Waals surface area contributed by atoms with Crippen LogP contribution in [0.4, 0.5) is 0 Å². The molecule has 1 rings (SSSR count). The Morgan fingerprint density at radius 1 is 1.42 bits per heavy atom. The molecule has 2 nitrogen and oxygen atoms in total. The Kier molecular flexibility index (Phi) is 3.31. The minimum Gasteiger partial charge on any atom is -0.316 e. The number of benzene rings is 1. The molecule has 0 bridgehead atoms. The average molecular weight is 181 g/mol. The highest BCUT2D eigenvalue weighted by Gasteiger charge is 1.98. The molecule has 1 N–H and O–H groups in total. The monoisotopic (exact) mass is 181 g/mol. The third kappa shape index (κ3) is 2.36. The number of hydrogen-bond donors (Lipinski definition) is 2. The van der Waals surface area contributed by atoms with Crippen LogP contribution in [0.15, 0.2) is 24.3 Å². The van der Waals surface area contributed by atoms with Gasteiger partial charge in [0.25, 0.3) is 0 Å². The predicted octanol–water partition coefficient (Wildman–Crippen LogP) is 1.48. The summed E-state index contributed by atoms with van der Waals surface area (Å²) in [5.41, 5.74) is 1.80. The molecule has 1 aromatic carbocycles. The highest BCUT2D eigenvalue weighted by molar-refractivity contribution is 7.97. The van der Waals surface area contributed by atoms with E-state index in [1.54, 1.807) is 12.1 Å². The minimum absolute atomic E-state index is 0.189. The summed E-state index contributed by atoms with van der Waals surface area (Å²) in [6.07, 6.45) is 0. The zero-order valence-corrected chi connectivity index (χ0v) is 7.77. The molecular formula is C9H11NOS. The second kappa shape index (κ2) is 4.28. The normalized spacial score (nSPS) is 9.83. The van der Waals surface area contributed by atoms with Crippen LogP contribution in [0.2, 0.25) is 0 Å². The Morgan fingerprint density at radius 3 is 2.42 bits per heavy atom. The van der Waals surface area contributed by atoms with Crippen LogP contribution in [0.25, 0.3) is 0 Å². The quantitative estimate of drug-likeness (QED) is 0.691. The molecule has 3 heteroatoms. The fourth-order valence-corrected chi connectivity index (χ4v) is 1.12. The van der Waals surface area contributed by atoms with E-state index in [2.05, 4.69) is 17.9 Å². The molecule has 0 aliphatic heterocycles. The van der Waals surface area contributed by atoms with E-state index >= 15 is 0 Å². The fraction of sp³-hybridized carbons (Fsp3) is 0.222. The van der Waals surface area contributed by atoms with Gasteiger partial charge in [-0.15, -0.1) is 12.6 Å². The molecular weight excluding hydrogens is 170 g/mol. The van der Waals surface area contributed by atoms with Gasteiger partial charge in [-0.2, -0.15) is 0 Å². The average Bonchev–Trinajstić information content (AvgIpc) is 2.06. The summed E-state index contributed by atoms with van der Waals surface area (Å²) in [5.74, 6) is 0. The van der Waals surface area contributed by atoms with E-state index < -0.39 is 0 Å². The van der Waals surface area contributed by atoms with Gasteiger partial charge >= 0.3 is 0 Å². The number of carbonyl (C=O) groups is 1. The van der Waals surface area contributed by atoms with Gasteiger partial charge in [0.05, 0.1) is 0 Å². The Hall–Kier alpha value is -0.800. The van der Waals surface area contributed by atoms with Gasteiger partial charge < -0.3 is 5.32 Å². The van der Waals surface area contributed by atoms with Crippen LogP contribution in [0.1, 0.15) is 15.9 Å². The van der Waals surface area contributed by atoms with Crippen molar-refractivity contribution in [1.29, 1.82) is 0 Å². The number of rotatable bonds is 3. The van der Waals surface area contributed by atoms with Crippen molar-refractivity contribution in [3.63, 3.8) is 0 Å². The SMILES string of the molecule is CNCc1ccc(C(=O)S)cc1. The van der Waals surface area contributed by atoms with Crippen LogP contribution < -0.4 is 5.32 Å². The summed E-state index contributed by atoms with van der Waals surface area (Å²) >= 11 is 3.72. The lowest BCUT2D eigenvalue weighted by molar-refractivity contribution is 0.109. The maximum Gasteiger partial charge on any atom is 0.216 e. The maximum atomic E-state index is 10.8. The van der Waals surface area contributed by atoms with Crippen LogP contribution in [-0.4, -0.2) is 12.2 Å². The van der Waals surface area contributed by atoms with Crippen LogP contribution in [0.5, 0.6) is 0 Å². The first-order valence-corrected chi connectivity index (χ1v) is 4.15. The molecule has 1 aromatic rings. The van der Waals surface area contributed by atoms with E-state index in [4.69, 9.17) is 0 Å². The van der Waals surface area contributed by atoms with E-state index in [-0.39, 0.29) is 5.12 Å². The van der Waals surface area contributed by atoms with Crippen LogP contribution >= 0.6 is 12.6 Å². The van der Waals surface area contributed by atoms with Gasteiger partial charge in [-0.1, -0.05) is 24.3 Å². The van der Waals surface area contributed by atoms with Crippen LogP contribution in [0.3, 0.4) is 0 Å². The summed E-state index contributed by atoms with van der Waals surface area (Å²) in [4.78, 5) is 10.8. The molecule has 0 amide bonds. The molecule has 0 fully saturated rings. The van der Waals surface area contributed by atoms with Gasteiger partial charge in [-0.05, 0) is 12.6 Å². The lowest BCUT2D eigenvalue weighted by Gasteiger charge is -1.99. The van der Waals surface area contributed by atoms with E-state index in [9.17, 15) is 4.79 Å². The van der Waals surface area contributed by atoms with Gasteiger partial charge in [0.2, 0.25) is 5.12 Å². The minimum atomic E-state index is -0.189. The van der Waals surface area contributed by atoms with Gasteiger partial charge in [0, 0.05) is 12.1 Å². The largest absolute Gasteiger partial charge is 0.316 e. The summed E-state index contributed by atoms with van der Waals surface area (Å²) in [5, 5.41) is 2.84. The number of thiol groups is 1. The lowest BCUT2D eigenvalue weighted by atomic mass is 10.1. The molecule has 12 heavy (non-hydrogen) atoms. The number of carbonyl (C=O) groups excluding carboxylic acids is 1. The van der Waals surface area contributed by atoms with Crippen molar-refractivity contribution >= 4 is 17.7 Å².